The summed E-state index contributed by atoms with van der Waals surface area (Å²) in [6.45, 7) is 13.2. The first-order valence-electron chi connectivity index (χ1n) is 10.4. The normalized spacial score (nSPS) is 28.3. The lowest BCUT2D eigenvalue weighted by Crippen LogP contribution is -2.56. The summed E-state index contributed by atoms with van der Waals surface area (Å²) in [5, 5.41) is 1.15. The van der Waals surface area contributed by atoms with Crippen molar-refractivity contribution in [2.45, 2.75) is 44.6 Å². The third kappa shape index (κ3) is 3.75. The Morgan fingerprint density at radius 2 is 2.11 bits per heavy atom. The first-order valence-corrected chi connectivity index (χ1v) is 13.8. The zero-order valence-corrected chi connectivity index (χ0v) is 18.5. The van der Waals surface area contributed by atoms with Crippen LogP contribution in [-0.4, -0.2) is 44.4 Å². The van der Waals surface area contributed by atoms with E-state index in [2.05, 4.69) is 54.3 Å². The Bertz CT molecular complexity index is 863. The van der Waals surface area contributed by atoms with Gasteiger partial charge in [-0.1, -0.05) is 6.08 Å². The van der Waals surface area contributed by atoms with Crippen molar-refractivity contribution < 1.29 is 9.16 Å². The second kappa shape index (κ2) is 7.62. The van der Waals surface area contributed by atoms with Crippen LogP contribution in [-0.2, 0) is 4.43 Å². The molecule has 4 heterocycles. The van der Waals surface area contributed by atoms with Crippen molar-refractivity contribution in [3.05, 3.63) is 48.7 Å². The Kier molecular flexibility index (Phi) is 5.34. The van der Waals surface area contributed by atoms with Crippen LogP contribution in [0, 0.1) is 11.8 Å². The fourth-order valence-corrected chi connectivity index (χ4v) is 5.99. The summed E-state index contributed by atoms with van der Waals surface area (Å²) >= 11 is 0. The maximum absolute atomic E-state index is 6.87. The number of pyridine rings is 1. The van der Waals surface area contributed by atoms with Crippen molar-refractivity contribution in [3.63, 3.8) is 0 Å². The molecule has 0 saturated carbocycles. The Hall–Kier alpha value is -1.69. The molecule has 0 radical (unpaired) electrons. The van der Waals surface area contributed by atoms with Gasteiger partial charge in [-0.15, -0.1) is 6.58 Å². The van der Waals surface area contributed by atoms with E-state index < -0.39 is 8.32 Å². The molecular formula is C23H32N2O2Si. The van der Waals surface area contributed by atoms with Crippen LogP contribution in [0.15, 0.2) is 43.1 Å². The van der Waals surface area contributed by atoms with Crippen LogP contribution < -0.4 is 4.74 Å². The highest BCUT2D eigenvalue weighted by molar-refractivity contribution is 6.69. The van der Waals surface area contributed by atoms with E-state index in [9.17, 15) is 0 Å². The number of hydrogen-bond donors (Lipinski definition) is 0. The quantitative estimate of drug-likeness (QED) is 0.506. The van der Waals surface area contributed by atoms with Crippen molar-refractivity contribution in [3.8, 4) is 5.75 Å². The number of piperidine rings is 3. The molecule has 5 heteroatoms. The van der Waals surface area contributed by atoms with Gasteiger partial charge in [0.2, 0.25) is 0 Å². The predicted octanol–water partition coefficient (Wildman–Crippen LogP) is 5.03. The number of benzene rings is 1. The molecule has 5 rings (SSSR count). The first kappa shape index (κ1) is 19.6. The Labute approximate surface area is 169 Å². The van der Waals surface area contributed by atoms with Gasteiger partial charge in [0.1, 0.15) is 5.75 Å². The third-order valence-electron chi connectivity index (χ3n) is 6.27. The van der Waals surface area contributed by atoms with Gasteiger partial charge in [-0.2, -0.15) is 0 Å². The summed E-state index contributed by atoms with van der Waals surface area (Å²) in [7, 11) is -0.0309. The molecule has 2 aromatic rings. The lowest BCUT2D eigenvalue weighted by molar-refractivity contribution is -0.0382. The number of nitrogens with zero attached hydrogens (tertiary/aromatic N) is 2. The zero-order chi connectivity index (χ0) is 19.9. The van der Waals surface area contributed by atoms with Gasteiger partial charge in [-0.3, -0.25) is 9.88 Å². The lowest BCUT2D eigenvalue weighted by atomic mass is 9.73. The van der Waals surface area contributed by atoms with Crippen molar-refractivity contribution in [2.75, 3.05) is 20.2 Å². The molecule has 4 nitrogen and oxygen atoms in total. The van der Waals surface area contributed by atoms with Crippen molar-refractivity contribution in [1.82, 2.24) is 9.88 Å². The molecule has 3 unspecified atom stereocenters. The van der Waals surface area contributed by atoms with Crippen LogP contribution in [0.5, 0.6) is 5.75 Å². The minimum atomic E-state index is -1.75. The van der Waals surface area contributed by atoms with Crippen LogP contribution in [0.1, 0.15) is 24.5 Å². The molecule has 1 aromatic heterocycles. The third-order valence-corrected chi connectivity index (χ3v) is 7.23. The summed E-state index contributed by atoms with van der Waals surface area (Å²) < 4.78 is 12.4. The highest BCUT2D eigenvalue weighted by atomic mass is 28.4. The minimum absolute atomic E-state index is 0.0674. The number of methoxy groups -OCH3 is 1. The molecule has 0 aliphatic carbocycles. The smallest absolute Gasteiger partial charge is 0.184 e. The summed E-state index contributed by atoms with van der Waals surface area (Å²) in [5.41, 5.74) is 2.25. The molecule has 1 aromatic carbocycles. The van der Waals surface area contributed by atoms with E-state index in [4.69, 9.17) is 9.16 Å². The number of hydrogen-bond acceptors (Lipinski definition) is 4. The topological polar surface area (TPSA) is 34.6 Å². The monoisotopic (exact) mass is 396 g/mol. The average Bonchev–Trinajstić information content (AvgIpc) is 2.70. The number of fused-ring (bicyclic) bond motifs is 4. The molecule has 3 saturated heterocycles. The SMILES string of the molecule is C=CC1CN2CCC1C[C@H]2[C@@H](O[Si](C)(C)C)c1ccnc2ccc(OC)cc12. The van der Waals surface area contributed by atoms with Gasteiger partial charge in [-0.05, 0) is 80.7 Å². The number of rotatable bonds is 6. The van der Waals surface area contributed by atoms with Gasteiger partial charge in [-0.25, -0.2) is 0 Å². The van der Waals surface area contributed by atoms with Crippen LogP contribution in [0.25, 0.3) is 10.9 Å². The summed E-state index contributed by atoms with van der Waals surface area (Å²) in [6.07, 6.45) is 6.61. The fourth-order valence-electron chi connectivity index (χ4n) is 4.94. The fraction of sp³-hybridized carbons (Fsp3) is 0.522. The molecular weight excluding hydrogens is 364 g/mol. The van der Waals surface area contributed by atoms with Crippen LogP contribution >= 0.6 is 0 Å². The van der Waals surface area contributed by atoms with Crippen LogP contribution in [0.2, 0.25) is 19.6 Å². The molecule has 0 spiro atoms. The molecule has 5 atom stereocenters. The lowest BCUT2D eigenvalue weighted by Gasteiger charge is -2.52. The van der Waals surface area contributed by atoms with Crippen molar-refractivity contribution >= 4 is 19.2 Å². The largest absolute Gasteiger partial charge is 0.497 e. The van der Waals surface area contributed by atoms with Gasteiger partial charge in [0.15, 0.2) is 8.32 Å². The van der Waals surface area contributed by atoms with E-state index in [0.29, 0.717) is 12.0 Å². The highest BCUT2D eigenvalue weighted by Gasteiger charge is 2.44. The molecule has 0 amide bonds. The average molecular weight is 397 g/mol. The molecule has 3 aliphatic rings. The predicted molar refractivity (Wildman–Crippen MR) is 117 cm³/mol. The number of aromatic nitrogens is 1. The van der Waals surface area contributed by atoms with E-state index >= 15 is 0 Å². The maximum atomic E-state index is 6.87. The van der Waals surface area contributed by atoms with E-state index in [1.807, 2.05) is 18.3 Å². The van der Waals surface area contributed by atoms with Gasteiger partial charge >= 0.3 is 0 Å². The van der Waals surface area contributed by atoms with Gasteiger partial charge in [0.25, 0.3) is 0 Å². The van der Waals surface area contributed by atoms with E-state index in [1.165, 1.54) is 18.4 Å². The molecule has 28 heavy (non-hydrogen) atoms. The van der Waals surface area contributed by atoms with E-state index in [1.54, 1.807) is 7.11 Å². The summed E-state index contributed by atoms with van der Waals surface area (Å²) in [6, 6.07) is 8.71. The second-order valence-corrected chi connectivity index (χ2v) is 13.6. The standard InChI is InChI=1S/C23H32N2O2Si/c1-6-16-15-25-12-10-17(16)13-22(25)23(27-28(3,4)5)19-9-11-24-21-8-7-18(26-2)14-20(19)21/h6-9,11,14,16-17,22-23H,1,10,12-13,15H2,2-5H3/t16?,17?,22-,23-/m0/s1. The summed E-state index contributed by atoms with van der Waals surface area (Å²) in [4.78, 5) is 7.23. The minimum Gasteiger partial charge on any atom is -0.497 e. The maximum Gasteiger partial charge on any atom is 0.184 e. The van der Waals surface area contributed by atoms with Crippen molar-refractivity contribution in [1.29, 1.82) is 0 Å². The molecule has 0 N–H and O–H groups in total. The zero-order valence-electron chi connectivity index (χ0n) is 17.5. The van der Waals surface area contributed by atoms with Crippen molar-refractivity contribution in [2.24, 2.45) is 11.8 Å². The molecule has 2 bridgehead atoms. The van der Waals surface area contributed by atoms with Crippen LogP contribution in [0.3, 0.4) is 0 Å². The Balaban J connectivity index is 1.78. The number of ether oxygens (including phenoxy) is 1. The van der Waals surface area contributed by atoms with E-state index in [0.717, 1.165) is 35.7 Å². The van der Waals surface area contributed by atoms with Gasteiger partial charge in [0, 0.05) is 24.2 Å². The van der Waals surface area contributed by atoms with Gasteiger partial charge < -0.3 is 9.16 Å². The molecule has 150 valence electrons. The first-order chi connectivity index (χ1) is 13.4. The van der Waals surface area contributed by atoms with E-state index in [-0.39, 0.29) is 6.10 Å². The molecule has 3 fully saturated rings. The van der Waals surface area contributed by atoms with Gasteiger partial charge in [0.05, 0.1) is 18.7 Å². The summed E-state index contributed by atoms with van der Waals surface area (Å²) in [5.74, 6) is 2.21. The molecule has 3 aliphatic heterocycles. The highest BCUT2D eigenvalue weighted by Crippen LogP contribution is 2.44. The Morgan fingerprint density at radius 1 is 1.29 bits per heavy atom. The second-order valence-electron chi connectivity index (χ2n) is 9.18. The Morgan fingerprint density at radius 3 is 2.75 bits per heavy atom. The van der Waals surface area contributed by atoms with Crippen LogP contribution in [0.4, 0.5) is 0 Å².